The minimum absolute atomic E-state index is 0.163. The lowest BCUT2D eigenvalue weighted by atomic mass is 10.3. The third-order valence-electron chi connectivity index (χ3n) is 2.26. The van der Waals surface area contributed by atoms with Gasteiger partial charge in [-0.1, -0.05) is 0 Å². The third-order valence-corrected chi connectivity index (χ3v) is 3.17. The molecule has 0 aliphatic heterocycles. The van der Waals surface area contributed by atoms with E-state index in [4.69, 9.17) is 9.84 Å². The third kappa shape index (κ3) is 2.51. The normalized spacial score (nSPS) is 12.5. The molecule has 6 nitrogen and oxygen atoms in total. The van der Waals surface area contributed by atoms with Crippen molar-refractivity contribution in [2.75, 3.05) is 19.0 Å². The Morgan fingerprint density at radius 3 is 3.18 bits per heavy atom. The van der Waals surface area contributed by atoms with Crippen molar-refractivity contribution in [2.24, 2.45) is 0 Å². The minimum atomic E-state index is -1.00. The molecule has 1 unspecified atom stereocenters. The summed E-state index contributed by atoms with van der Waals surface area (Å²) in [6.07, 6.45) is 0.555. The number of carboxylic acids is 1. The van der Waals surface area contributed by atoms with Crippen LogP contribution in [0.3, 0.4) is 0 Å². The number of thiophene rings is 1. The van der Waals surface area contributed by atoms with Gasteiger partial charge in [0.05, 0.1) is 16.8 Å². The van der Waals surface area contributed by atoms with E-state index >= 15 is 0 Å². The van der Waals surface area contributed by atoms with E-state index in [9.17, 15) is 4.79 Å². The zero-order chi connectivity index (χ0) is 12.3. The average Bonchev–Trinajstić information content (AvgIpc) is 2.78. The van der Waals surface area contributed by atoms with Crippen LogP contribution in [0.5, 0.6) is 0 Å². The molecule has 0 spiro atoms. The molecule has 0 bridgehead atoms. The first-order valence-corrected chi connectivity index (χ1v) is 5.78. The van der Waals surface area contributed by atoms with E-state index in [1.54, 1.807) is 0 Å². The number of rotatable bonds is 5. The van der Waals surface area contributed by atoms with Crippen molar-refractivity contribution in [1.82, 2.24) is 9.97 Å². The van der Waals surface area contributed by atoms with Gasteiger partial charge < -0.3 is 15.2 Å². The topological polar surface area (TPSA) is 84.3 Å². The number of carboxylic acid groups (broad SMARTS) is 1. The Labute approximate surface area is 101 Å². The molecule has 2 N–H and O–H groups in total. The second-order valence-corrected chi connectivity index (χ2v) is 4.22. The van der Waals surface area contributed by atoms with E-state index in [-0.39, 0.29) is 6.54 Å². The summed E-state index contributed by atoms with van der Waals surface area (Å²) in [5.41, 5.74) is 0.844. The molecule has 2 aromatic heterocycles. The molecule has 0 amide bonds. The van der Waals surface area contributed by atoms with Crippen molar-refractivity contribution < 1.29 is 14.6 Å². The second kappa shape index (κ2) is 5.07. The summed E-state index contributed by atoms with van der Waals surface area (Å²) in [6.45, 7) is 0.163. The number of nitrogens with zero attached hydrogens (tertiary/aromatic N) is 2. The van der Waals surface area contributed by atoms with E-state index in [0.717, 1.165) is 10.2 Å². The Morgan fingerprint density at radius 1 is 1.65 bits per heavy atom. The number of anilines is 1. The average molecular weight is 253 g/mol. The smallest absolute Gasteiger partial charge is 0.334 e. The number of carbonyl (C=O) groups is 1. The van der Waals surface area contributed by atoms with Crippen LogP contribution in [-0.2, 0) is 9.53 Å². The number of aromatic nitrogens is 2. The van der Waals surface area contributed by atoms with Gasteiger partial charge >= 0.3 is 5.97 Å². The van der Waals surface area contributed by atoms with Gasteiger partial charge in [-0.3, -0.25) is 0 Å². The van der Waals surface area contributed by atoms with Gasteiger partial charge in [0.2, 0.25) is 0 Å². The number of hydrogen-bond acceptors (Lipinski definition) is 6. The quantitative estimate of drug-likeness (QED) is 0.833. The number of fused-ring (bicyclic) bond motifs is 1. The summed E-state index contributed by atoms with van der Waals surface area (Å²) in [4.78, 5) is 19.0. The second-order valence-electron chi connectivity index (χ2n) is 3.30. The van der Waals surface area contributed by atoms with Gasteiger partial charge in [-0.05, 0) is 11.4 Å². The van der Waals surface area contributed by atoms with Crippen molar-refractivity contribution in [1.29, 1.82) is 0 Å². The number of nitrogens with one attached hydrogen (secondary N) is 1. The molecule has 0 aliphatic carbocycles. The summed E-state index contributed by atoms with van der Waals surface area (Å²) >= 11 is 1.51. The molecule has 0 aliphatic rings. The Kier molecular flexibility index (Phi) is 3.50. The van der Waals surface area contributed by atoms with Crippen molar-refractivity contribution in [3.8, 4) is 0 Å². The Morgan fingerprint density at radius 2 is 2.47 bits per heavy atom. The van der Waals surface area contributed by atoms with Crippen LogP contribution in [-0.4, -0.2) is 40.8 Å². The summed E-state index contributed by atoms with van der Waals surface area (Å²) in [6, 6.07) is 1.89. The lowest BCUT2D eigenvalue weighted by Gasteiger charge is -2.11. The monoisotopic (exact) mass is 253 g/mol. The minimum Gasteiger partial charge on any atom is -0.479 e. The molecule has 0 saturated carbocycles. The van der Waals surface area contributed by atoms with Gasteiger partial charge in [0.15, 0.2) is 6.10 Å². The maximum atomic E-state index is 10.8. The molecule has 7 heteroatoms. The van der Waals surface area contributed by atoms with Gasteiger partial charge in [-0.25, -0.2) is 14.8 Å². The fourth-order valence-corrected chi connectivity index (χ4v) is 2.19. The lowest BCUT2D eigenvalue weighted by molar-refractivity contribution is -0.147. The van der Waals surface area contributed by atoms with E-state index in [1.165, 1.54) is 24.8 Å². The van der Waals surface area contributed by atoms with Crippen molar-refractivity contribution in [3.63, 3.8) is 0 Å². The van der Waals surface area contributed by atoms with Crippen LogP contribution in [0.2, 0.25) is 0 Å². The first-order valence-electron chi connectivity index (χ1n) is 4.90. The predicted octanol–water partition coefficient (Wildman–Crippen LogP) is 1.20. The Balaban J connectivity index is 2.13. The molecular weight excluding hydrogens is 242 g/mol. The molecular formula is C10H11N3O3S. The predicted molar refractivity (Wildman–Crippen MR) is 64.3 cm³/mol. The molecule has 2 aromatic rings. The van der Waals surface area contributed by atoms with Gasteiger partial charge in [0.1, 0.15) is 12.1 Å². The zero-order valence-corrected chi connectivity index (χ0v) is 9.90. The Hall–Kier alpha value is -1.73. The summed E-state index contributed by atoms with van der Waals surface area (Å²) in [7, 11) is 1.36. The Bertz CT molecular complexity index is 528. The van der Waals surface area contributed by atoms with Crippen LogP contribution in [0.4, 0.5) is 5.82 Å². The van der Waals surface area contributed by atoms with E-state index in [1.807, 2.05) is 11.4 Å². The fourth-order valence-electron chi connectivity index (χ4n) is 1.38. The van der Waals surface area contributed by atoms with Crippen LogP contribution in [0.25, 0.3) is 10.2 Å². The van der Waals surface area contributed by atoms with Gasteiger partial charge in [0, 0.05) is 7.11 Å². The van der Waals surface area contributed by atoms with Gasteiger partial charge in [0.25, 0.3) is 0 Å². The number of hydrogen-bond donors (Lipinski definition) is 2. The number of aliphatic carboxylic acids is 1. The SMILES string of the molecule is COC(CNc1ncnc2ccsc12)C(=O)O. The number of ether oxygens (including phenoxy) is 1. The van der Waals surface area contributed by atoms with Crippen molar-refractivity contribution in [3.05, 3.63) is 17.8 Å². The van der Waals surface area contributed by atoms with Crippen LogP contribution in [0, 0.1) is 0 Å². The van der Waals surface area contributed by atoms with E-state index in [2.05, 4.69) is 15.3 Å². The van der Waals surface area contributed by atoms with E-state index < -0.39 is 12.1 Å². The van der Waals surface area contributed by atoms with E-state index in [0.29, 0.717) is 5.82 Å². The lowest BCUT2D eigenvalue weighted by Crippen LogP contribution is -2.30. The molecule has 2 rings (SSSR count). The highest BCUT2D eigenvalue weighted by Gasteiger charge is 2.16. The summed E-state index contributed by atoms with van der Waals surface area (Å²) in [5.74, 6) is -0.371. The van der Waals surface area contributed by atoms with Gasteiger partial charge in [-0.2, -0.15) is 0 Å². The maximum Gasteiger partial charge on any atom is 0.334 e. The molecule has 0 radical (unpaired) electrons. The number of methoxy groups -OCH3 is 1. The molecule has 2 heterocycles. The molecule has 0 saturated heterocycles. The molecule has 0 fully saturated rings. The van der Waals surface area contributed by atoms with Crippen LogP contribution in [0.15, 0.2) is 17.8 Å². The first-order chi connectivity index (χ1) is 8.22. The van der Waals surface area contributed by atoms with Crippen LogP contribution in [0.1, 0.15) is 0 Å². The van der Waals surface area contributed by atoms with Crippen molar-refractivity contribution in [2.45, 2.75) is 6.10 Å². The van der Waals surface area contributed by atoms with Crippen molar-refractivity contribution >= 4 is 33.3 Å². The molecule has 90 valence electrons. The van der Waals surface area contributed by atoms with Crippen LogP contribution >= 0.6 is 11.3 Å². The summed E-state index contributed by atoms with van der Waals surface area (Å²) < 4.78 is 5.73. The summed E-state index contributed by atoms with van der Waals surface area (Å²) in [5, 5.41) is 13.7. The first kappa shape index (κ1) is 11.7. The standard InChI is InChI=1S/C10H11N3O3S/c1-16-7(10(14)15)4-11-9-8-6(2-3-17-8)12-5-13-9/h2-3,5,7H,4H2,1H3,(H,14,15)(H,11,12,13). The van der Waals surface area contributed by atoms with Crippen LogP contribution < -0.4 is 5.32 Å². The molecule has 17 heavy (non-hydrogen) atoms. The largest absolute Gasteiger partial charge is 0.479 e. The zero-order valence-electron chi connectivity index (χ0n) is 9.08. The molecule has 1 atom stereocenters. The maximum absolute atomic E-state index is 10.8. The highest BCUT2D eigenvalue weighted by atomic mass is 32.1. The fraction of sp³-hybridized carbons (Fsp3) is 0.300. The molecule has 0 aromatic carbocycles. The van der Waals surface area contributed by atoms with Gasteiger partial charge in [-0.15, -0.1) is 11.3 Å². The highest BCUT2D eigenvalue weighted by Crippen LogP contribution is 2.24. The highest BCUT2D eigenvalue weighted by molar-refractivity contribution is 7.17.